The number of nitrogens with zero attached hydrogens (tertiary/aromatic N) is 1. The van der Waals surface area contributed by atoms with Gasteiger partial charge < -0.3 is 15.2 Å². The minimum Gasteiger partial charge on any atom is -0.465 e. The van der Waals surface area contributed by atoms with Gasteiger partial charge in [-0.3, -0.25) is 0 Å². The molecule has 0 atom stereocenters. The number of carbonyl (C=O) groups is 2. The second kappa shape index (κ2) is 4.61. The number of aromatic nitrogens is 1. The fourth-order valence-corrected chi connectivity index (χ4v) is 2.30. The third-order valence-corrected chi connectivity index (χ3v) is 3.20. The van der Waals surface area contributed by atoms with Gasteiger partial charge in [-0.2, -0.15) is 0 Å². The molecule has 6 nitrogen and oxygen atoms in total. The van der Waals surface area contributed by atoms with Gasteiger partial charge in [0.05, 0.1) is 35.6 Å². The van der Waals surface area contributed by atoms with E-state index in [0.29, 0.717) is 15.3 Å². The van der Waals surface area contributed by atoms with Crippen LogP contribution < -0.4 is 5.73 Å². The summed E-state index contributed by atoms with van der Waals surface area (Å²) in [7, 11) is 2.48. The van der Waals surface area contributed by atoms with Crippen LogP contribution in [0.4, 0.5) is 5.13 Å². The summed E-state index contributed by atoms with van der Waals surface area (Å²) >= 11 is 1.23. The Morgan fingerprint density at radius 3 is 2.28 bits per heavy atom. The number of ether oxygens (including phenoxy) is 2. The molecule has 0 saturated heterocycles. The van der Waals surface area contributed by atoms with E-state index in [1.807, 2.05) is 0 Å². The van der Waals surface area contributed by atoms with Crippen LogP contribution in [0.15, 0.2) is 12.1 Å². The van der Waals surface area contributed by atoms with Gasteiger partial charge in [-0.05, 0) is 12.1 Å². The molecule has 0 saturated carbocycles. The number of thiazole rings is 1. The van der Waals surface area contributed by atoms with Crippen LogP contribution in [0.3, 0.4) is 0 Å². The fraction of sp³-hybridized carbons (Fsp3) is 0.182. The minimum absolute atomic E-state index is 0.113. The molecule has 1 aromatic heterocycles. The number of hydrogen-bond donors (Lipinski definition) is 1. The summed E-state index contributed by atoms with van der Waals surface area (Å²) in [5.41, 5.74) is 6.38. The number of carbonyl (C=O) groups excluding carboxylic acids is 2. The predicted molar refractivity (Wildman–Crippen MR) is 66.7 cm³/mol. The molecule has 2 N–H and O–H groups in total. The molecule has 18 heavy (non-hydrogen) atoms. The number of fused-ring (bicyclic) bond motifs is 1. The van der Waals surface area contributed by atoms with Gasteiger partial charge in [0.15, 0.2) is 5.13 Å². The summed E-state index contributed by atoms with van der Waals surface area (Å²) < 4.78 is 9.97. The molecule has 0 fully saturated rings. The smallest absolute Gasteiger partial charge is 0.338 e. The summed E-state index contributed by atoms with van der Waals surface area (Å²) in [6.45, 7) is 0. The standard InChI is InChI=1S/C11H10N2O4S/c1-16-9(14)5-3-7-8(18-11(12)13-7)4-6(5)10(15)17-2/h3-4H,1-2H3,(H2,12,13). The number of esters is 2. The lowest BCUT2D eigenvalue weighted by Gasteiger charge is -2.05. The molecule has 1 aromatic carbocycles. The Morgan fingerprint density at radius 1 is 1.17 bits per heavy atom. The van der Waals surface area contributed by atoms with Crippen molar-refractivity contribution in [3.05, 3.63) is 23.3 Å². The first-order valence-electron chi connectivity index (χ1n) is 4.93. The highest BCUT2D eigenvalue weighted by Gasteiger charge is 2.20. The Bertz CT molecular complexity index is 582. The molecule has 0 aliphatic rings. The average molecular weight is 266 g/mol. The number of nitrogen functional groups attached to an aromatic ring is 1. The van der Waals surface area contributed by atoms with E-state index in [9.17, 15) is 9.59 Å². The molecule has 2 rings (SSSR count). The van der Waals surface area contributed by atoms with E-state index in [0.717, 1.165) is 0 Å². The second-order valence-corrected chi connectivity index (χ2v) is 4.46. The number of nitrogens with two attached hydrogens (primary N) is 1. The Labute approximate surface area is 106 Å². The highest BCUT2D eigenvalue weighted by atomic mass is 32.1. The van der Waals surface area contributed by atoms with Crippen LogP contribution in [0.2, 0.25) is 0 Å². The zero-order valence-electron chi connectivity index (χ0n) is 9.72. The van der Waals surface area contributed by atoms with E-state index < -0.39 is 11.9 Å². The number of hydrogen-bond acceptors (Lipinski definition) is 7. The van der Waals surface area contributed by atoms with Gasteiger partial charge in [-0.15, -0.1) is 0 Å². The first kappa shape index (κ1) is 12.3. The predicted octanol–water partition coefficient (Wildman–Crippen LogP) is 1.45. The summed E-state index contributed by atoms with van der Waals surface area (Å²) in [5.74, 6) is -1.23. The van der Waals surface area contributed by atoms with Crippen molar-refractivity contribution in [3.8, 4) is 0 Å². The van der Waals surface area contributed by atoms with E-state index in [2.05, 4.69) is 14.5 Å². The molecule has 0 aliphatic carbocycles. The summed E-state index contributed by atoms with van der Waals surface area (Å²) in [4.78, 5) is 27.3. The van der Waals surface area contributed by atoms with E-state index in [-0.39, 0.29) is 11.1 Å². The Hall–Kier alpha value is -2.15. The molecule has 0 unspecified atom stereocenters. The normalized spacial score (nSPS) is 10.3. The lowest BCUT2D eigenvalue weighted by Crippen LogP contribution is -2.11. The van der Waals surface area contributed by atoms with Crippen molar-refractivity contribution >= 4 is 38.6 Å². The van der Waals surface area contributed by atoms with Gasteiger partial charge in [0.25, 0.3) is 0 Å². The van der Waals surface area contributed by atoms with Gasteiger partial charge in [0, 0.05) is 0 Å². The molecular formula is C11H10N2O4S. The van der Waals surface area contributed by atoms with E-state index >= 15 is 0 Å². The van der Waals surface area contributed by atoms with Crippen molar-refractivity contribution in [2.45, 2.75) is 0 Å². The van der Waals surface area contributed by atoms with Crippen LogP contribution >= 0.6 is 11.3 Å². The Balaban J connectivity index is 2.70. The topological polar surface area (TPSA) is 91.5 Å². The van der Waals surface area contributed by atoms with Gasteiger partial charge in [-0.25, -0.2) is 14.6 Å². The largest absolute Gasteiger partial charge is 0.465 e. The molecule has 0 amide bonds. The molecule has 94 valence electrons. The van der Waals surface area contributed by atoms with Gasteiger partial charge in [0.1, 0.15) is 0 Å². The number of benzene rings is 1. The third kappa shape index (κ3) is 2.00. The van der Waals surface area contributed by atoms with Crippen LogP contribution in [0.5, 0.6) is 0 Å². The minimum atomic E-state index is -0.621. The maximum atomic E-state index is 11.6. The highest BCUT2D eigenvalue weighted by Crippen LogP contribution is 2.27. The molecule has 2 aromatic rings. The molecule has 0 bridgehead atoms. The van der Waals surface area contributed by atoms with Gasteiger partial charge in [0.2, 0.25) is 0 Å². The summed E-state index contributed by atoms with van der Waals surface area (Å²) in [5, 5.41) is 0.364. The molecule has 1 heterocycles. The van der Waals surface area contributed by atoms with Crippen molar-refractivity contribution in [3.63, 3.8) is 0 Å². The Morgan fingerprint density at radius 2 is 1.72 bits per heavy atom. The van der Waals surface area contributed by atoms with Gasteiger partial charge >= 0.3 is 11.9 Å². The lowest BCUT2D eigenvalue weighted by molar-refractivity contribution is 0.0555. The summed E-state index contributed by atoms with van der Waals surface area (Å²) in [6, 6.07) is 3.00. The van der Waals surface area contributed by atoms with E-state index in [1.54, 1.807) is 0 Å². The second-order valence-electron chi connectivity index (χ2n) is 3.40. The first-order valence-corrected chi connectivity index (χ1v) is 5.75. The average Bonchev–Trinajstić information content (AvgIpc) is 2.74. The van der Waals surface area contributed by atoms with Crippen molar-refractivity contribution in [1.29, 1.82) is 0 Å². The van der Waals surface area contributed by atoms with Crippen LogP contribution in [0.25, 0.3) is 10.2 Å². The van der Waals surface area contributed by atoms with Crippen LogP contribution in [-0.2, 0) is 9.47 Å². The van der Waals surface area contributed by atoms with Crippen LogP contribution in [0, 0.1) is 0 Å². The Kier molecular flexibility index (Phi) is 3.15. The van der Waals surface area contributed by atoms with Crippen molar-refractivity contribution in [2.75, 3.05) is 20.0 Å². The SMILES string of the molecule is COC(=O)c1cc2nc(N)sc2cc1C(=O)OC. The first-order chi connectivity index (χ1) is 8.56. The monoisotopic (exact) mass is 266 g/mol. The number of rotatable bonds is 2. The lowest BCUT2D eigenvalue weighted by atomic mass is 10.1. The van der Waals surface area contributed by atoms with E-state index in [1.165, 1.54) is 37.7 Å². The molecule has 0 radical (unpaired) electrons. The van der Waals surface area contributed by atoms with E-state index in [4.69, 9.17) is 5.73 Å². The van der Waals surface area contributed by atoms with Crippen LogP contribution in [-0.4, -0.2) is 31.1 Å². The number of anilines is 1. The maximum Gasteiger partial charge on any atom is 0.338 e. The highest BCUT2D eigenvalue weighted by molar-refractivity contribution is 7.22. The van der Waals surface area contributed by atoms with Crippen LogP contribution in [0.1, 0.15) is 20.7 Å². The van der Waals surface area contributed by atoms with Crippen molar-refractivity contribution in [1.82, 2.24) is 4.98 Å². The zero-order valence-corrected chi connectivity index (χ0v) is 10.5. The van der Waals surface area contributed by atoms with Gasteiger partial charge in [-0.1, -0.05) is 11.3 Å². The van der Waals surface area contributed by atoms with Crippen molar-refractivity contribution in [2.24, 2.45) is 0 Å². The van der Waals surface area contributed by atoms with Crippen molar-refractivity contribution < 1.29 is 19.1 Å². The molecule has 0 spiro atoms. The molecule has 0 aliphatic heterocycles. The molecule has 7 heteroatoms. The quantitative estimate of drug-likeness (QED) is 0.827. The zero-order chi connectivity index (χ0) is 13.3. The fourth-order valence-electron chi connectivity index (χ4n) is 1.55. The third-order valence-electron chi connectivity index (χ3n) is 2.35. The maximum absolute atomic E-state index is 11.6. The summed E-state index contributed by atoms with van der Waals surface area (Å²) in [6.07, 6.45) is 0. The number of methoxy groups -OCH3 is 2. The molecular weight excluding hydrogens is 256 g/mol.